The summed E-state index contributed by atoms with van der Waals surface area (Å²) >= 11 is 0. The van der Waals surface area contributed by atoms with Crippen LogP contribution in [0, 0.1) is 5.82 Å². The van der Waals surface area contributed by atoms with Crippen molar-refractivity contribution < 1.29 is 13.9 Å². The summed E-state index contributed by atoms with van der Waals surface area (Å²) in [6.45, 7) is 3.15. The molecule has 4 nitrogen and oxygen atoms in total. The van der Waals surface area contributed by atoms with Crippen LogP contribution in [0.5, 0.6) is 0 Å². The van der Waals surface area contributed by atoms with Crippen LogP contribution in [-0.2, 0) is 22.4 Å². The minimum atomic E-state index is -0.290. The van der Waals surface area contributed by atoms with Crippen LogP contribution in [0.3, 0.4) is 0 Å². The number of hydrogen-bond donors (Lipinski definition) is 1. The highest BCUT2D eigenvalue weighted by atomic mass is 19.1. The third-order valence-corrected chi connectivity index (χ3v) is 5.34. The number of rotatable bonds is 10. The Labute approximate surface area is 178 Å². The summed E-state index contributed by atoms with van der Waals surface area (Å²) in [7, 11) is 0. The zero-order valence-corrected chi connectivity index (χ0v) is 17.7. The van der Waals surface area contributed by atoms with E-state index < -0.39 is 0 Å². The molecule has 1 aromatic carbocycles. The summed E-state index contributed by atoms with van der Waals surface area (Å²) in [5.41, 5.74) is 3.25. The third-order valence-electron chi connectivity index (χ3n) is 5.34. The normalized spacial score (nSPS) is 14.2. The van der Waals surface area contributed by atoms with Crippen LogP contribution >= 0.6 is 0 Å². The number of aromatic nitrogens is 1. The predicted molar refractivity (Wildman–Crippen MR) is 118 cm³/mol. The first kappa shape index (κ1) is 22.0. The molecule has 0 spiro atoms. The van der Waals surface area contributed by atoms with Gasteiger partial charge in [0.15, 0.2) is 0 Å². The summed E-state index contributed by atoms with van der Waals surface area (Å²) in [5.74, 6) is 0.328. The SMILES string of the molecule is CCOC(=O)C[C@H](/C=C/CCCCc1ccc2c(n1)NCCC2)c1cccc(F)c1. The fourth-order valence-corrected chi connectivity index (χ4v) is 3.77. The van der Waals surface area contributed by atoms with E-state index in [2.05, 4.69) is 23.5 Å². The Morgan fingerprint density at radius 1 is 1.30 bits per heavy atom. The zero-order valence-electron chi connectivity index (χ0n) is 17.7. The van der Waals surface area contributed by atoms with Crippen LogP contribution in [0.15, 0.2) is 48.6 Å². The number of halogens is 1. The Morgan fingerprint density at radius 2 is 2.20 bits per heavy atom. The van der Waals surface area contributed by atoms with Crippen LogP contribution < -0.4 is 5.32 Å². The molecule has 1 aliphatic rings. The number of ether oxygens (including phenoxy) is 1. The van der Waals surface area contributed by atoms with E-state index in [1.165, 1.54) is 24.1 Å². The molecule has 3 rings (SSSR count). The molecule has 0 fully saturated rings. The first-order valence-corrected chi connectivity index (χ1v) is 11.0. The average Bonchev–Trinajstić information content (AvgIpc) is 2.75. The molecular formula is C25H31FN2O2. The summed E-state index contributed by atoms with van der Waals surface area (Å²) in [4.78, 5) is 16.7. The first-order chi connectivity index (χ1) is 14.7. The number of hydrogen-bond acceptors (Lipinski definition) is 4. The van der Waals surface area contributed by atoms with Crippen molar-refractivity contribution in [2.75, 3.05) is 18.5 Å². The number of unbranched alkanes of at least 4 members (excludes halogenated alkanes) is 2. The number of carbonyl (C=O) groups excluding carboxylic acids is 1. The van der Waals surface area contributed by atoms with Crippen molar-refractivity contribution in [2.24, 2.45) is 0 Å². The second-order valence-corrected chi connectivity index (χ2v) is 7.69. The number of fused-ring (bicyclic) bond motifs is 1. The van der Waals surface area contributed by atoms with Gasteiger partial charge in [0.1, 0.15) is 11.6 Å². The Kier molecular flexibility index (Phi) is 8.42. The summed E-state index contributed by atoms with van der Waals surface area (Å²) in [6, 6.07) is 10.8. The maximum absolute atomic E-state index is 13.6. The van der Waals surface area contributed by atoms with Gasteiger partial charge in [0.05, 0.1) is 13.0 Å². The largest absolute Gasteiger partial charge is 0.466 e. The standard InChI is InChI=1S/C25H31FN2O2/c1-2-30-24(29)18-21(20-10-7-12-22(26)17-20)9-5-3-4-6-13-23-15-14-19-11-8-16-27-25(19)28-23/h5,7,9-10,12,14-15,17,21H,2-4,6,8,11,13,16,18H2,1H3,(H,27,28)/b9-5+/t21-/m0/s1. The van der Waals surface area contributed by atoms with Gasteiger partial charge in [-0.1, -0.05) is 30.4 Å². The fraction of sp³-hybridized carbons (Fsp3) is 0.440. The molecule has 0 saturated heterocycles. The van der Waals surface area contributed by atoms with Crippen molar-refractivity contribution in [1.29, 1.82) is 0 Å². The molecule has 5 heteroatoms. The number of carbonyl (C=O) groups is 1. The molecule has 0 unspecified atom stereocenters. The van der Waals surface area contributed by atoms with Gasteiger partial charge in [0.2, 0.25) is 0 Å². The van der Waals surface area contributed by atoms with E-state index in [4.69, 9.17) is 9.72 Å². The number of benzene rings is 1. The van der Waals surface area contributed by atoms with E-state index in [0.29, 0.717) is 6.61 Å². The Hall–Kier alpha value is -2.69. The number of esters is 1. The van der Waals surface area contributed by atoms with Crippen molar-refractivity contribution in [3.05, 3.63) is 71.2 Å². The van der Waals surface area contributed by atoms with Gasteiger partial charge in [0, 0.05) is 18.2 Å². The van der Waals surface area contributed by atoms with Gasteiger partial charge in [0.25, 0.3) is 0 Å². The number of nitrogens with one attached hydrogen (secondary N) is 1. The van der Waals surface area contributed by atoms with E-state index in [9.17, 15) is 9.18 Å². The van der Waals surface area contributed by atoms with Crippen molar-refractivity contribution >= 4 is 11.8 Å². The van der Waals surface area contributed by atoms with Crippen molar-refractivity contribution in [1.82, 2.24) is 4.98 Å². The zero-order chi connectivity index (χ0) is 21.2. The van der Waals surface area contributed by atoms with Gasteiger partial charge < -0.3 is 10.1 Å². The lowest BCUT2D eigenvalue weighted by Gasteiger charge is -2.17. The third kappa shape index (κ3) is 6.68. The molecule has 2 aromatic rings. The lowest BCUT2D eigenvalue weighted by Crippen LogP contribution is -2.13. The number of anilines is 1. The smallest absolute Gasteiger partial charge is 0.306 e. The van der Waals surface area contributed by atoms with E-state index in [1.807, 2.05) is 12.1 Å². The molecule has 1 aliphatic heterocycles. The molecule has 30 heavy (non-hydrogen) atoms. The molecule has 1 N–H and O–H groups in total. The minimum Gasteiger partial charge on any atom is -0.466 e. The minimum absolute atomic E-state index is 0.173. The number of nitrogens with zero attached hydrogens (tertiary/aromatic N) is 1. The lowest BCUT2D eigenvalue weighted by atomic mass is 9.94. The van der Waals surface area contributed by atoms with Crippen LogP contribution in [0.4, 0.5) is 10.2 Å². The second-order valence-electron chi connectivity index (χ2n) is 7.69. The highest BCUT2D eigenvalue weighted by Gasteiger charge is 2.15. The molecule has 1 atom stereocenters. The lowest BCUT2D eigenvalue weighted by molar-refractivity contribution is -0.143. The van der Waals surface area contributed by atoms with E-state index in [-0.39, 0.29) is 24.1 Å². The Bertz CT molecular complexity index is 866. The van der Waals surface area contributed by atoms with Crippen molar-refractivity contribution in [2.45, 2.75) is 57.8 Å². The summed E-state index contributed by atoms with van der Waals surface area (Å²) in [6.07, 6.45) is 10.6. The monoisotopic (exact) mass is 410 g/mol. The van der Waals surface area contributed by atoms with E-state index in [0.717, 1.165) is 55.7 Å². The summed E-state index contributed by atoms with van der Waals surface area (Å²) < 4.78 is 18.7. The van der Waals surface area contributed by atoms with Gasteiger partial charge in [-0.25, -0.2) is 9.37 Å². The van der Waals surface area contributed by atoms with Crippen molar-refractivity contribution in [3.8, 4) is 0 Å². The maximum atomic E-state index is 13.6. The van der Waals surface area contributed by atoms with E-state index >= 15 is 0 Å². The molecule has 2 heterocycles. The predicted octanol–water partition coefficient (Wildman–Crippen LogP) is 5.58. The first-order valence-electron chi connectivity index (χ1n) is 11.0. The molecule has 160 valence electrons. The fourth-order valence-electron chi connectivity index (χ4n) is 3.77. The molecule has 0 saturated carbocycles. The number of aryl methyl sites for hydroxylation is 2. The molecule has 0 bridgehead atoms. The molecule has 0 amide bonds. The van der Waals surface area contributed by atoms with Gasteiger partial charge >= 0.3 is 5.97 Å². The number of allylic oxidation sites excluding steroid dienone is 2. The molecule has 0 radical (unpaired) electrons. The van der Waals surface area contributed by atoms with Crippen LogP contribution in [0.1, 0.15) is 61.8 Å². The quantitative estimate of drug-likeness (QED) is 0.315. The Balaban J connectivity index is 1.49. The van der Waals surface area contributed by atoms with Gasteiger partial charge in [-0.05, 0) is 74.8 Å². The van der Waals surface area contributed by atoms with Gasteiger partial charge in [-0.3, -0.25) is 4.79 Å². The second kappa shape index (κ2) is 11.5. The highest BCUT2D eigenvalue weighted by Crippen LogP contribution is 2.24. The molecule has 1 aromatic heterocycles. The average molecular weight is 411 g/mol. The summed E-state index contributed by atoms with van der Waals surface area (Å²) in [5, 5.41) is 3.38. The topological polar surface area (TPSA) is 51.2 Å². The van der Waals surface area contributed by atoms with Crippen LogP contribution in [0.25, 0.3) is 0 Å². The van der Waals surface area contributed by atoms with E-state index in [1.54, 1.807) is 13.0 Å². The molecular weight excluding hydrogens is 379 g/mol. The van der Waals surface area contributed by atoms with Crippen LogP contribution in [-0.4, -0.2) is 24.1 Å². The maximum Gasteiger partial charge on any atom is 0.306 e. The van der Waals surface area contributed by atoms with Crippen molar-refractivity contribution in [3.63, 3.8) is 0 Å². The highest BCUT2D eigenvalue weighted by molar-refractivity contribution is 5.71. The van der Waals surface area contributed by atoms with Crippen LogP contribution in [0.2, 0.25) is 0 Å². The van der Waals surface area contributed by atoms with Gasteiger partial charge in [-0.15, -0.1) is 0 Å². The number of pyridine rings is 1. The Morgan fingerprint density at radius 3 is 3.03 bits per heavy atom. The van der Waals surface area contributed by atoms with Gasteiger partial charge in [-0.2, -0.15) is 0 Å². The molecule has 0 aliphatic carbocycles.